The molecule has 2 aliphatic heterocycles. The number of anilines is 2. The number of nitrogens with zero attached hydrogens (tertiary/aromatic N) is 2. The molecule has 53 heavy (non-hydrogen) atoms. The van der Waals surface area contributed by atoms with Gasteiger partial charge in [0.05, 0.1) is 5.52 Å². The molecule has 1 aliphatic carbocycles. The van der Waals surface area contributed by atoms with E-state index in [-0.39, 0.29) is 17.7 Å². The first kappa shape index (κ1) is 29.9. The van der Waals surface area contributed by atoms with E-state index >= 15 is 0 Å². The molecule has 0 N–H and O–H groups in total. The van der Waals surface area contributed by atoms with E-state index in [4.69, 9.17) is 0 Å². The molecule has 0 bridgehead atoms. The van der Waals surface area contributed by atoms with Crippen molar-refractivity contribution in [3.63, 3.8) is 0 Å². The summed E-state index contributed by atoms with van der Waals surface area (Å²) in [6.07, 6.45) is 0. The van der Waals surface area contributed by atoms with E-state index in [2.05, 4.69) is 177 Å². The number of fused-ring (bicyclic) bond motifs is 14. The van der Waals surface area contributed by atoms with Crippen LogP contribution >= 0.6 is 11.3 Å². The van der Waals surface area contributed by atoms with Gasteiger partial charge in [0.1, 0.15) is 0 Å². The Morgan fingerprint density at radius 1 is 0.623 bits per heavy atom. The van der Waals surface area contributed by atoms with Gasteiger partial charge in [0.2, 0.25) is 0 Å². The summed E-state index contributed by atoms with van der Waals surface area (Å²) in [6.45, 7) is 11.8. The maximum absolute atomic E-state index is 2.70. The number of benzene rings is 7. The second-order valence-corrected chi connectivity index (χ2v) is 18.0. The fraction of sp³-hybridized carbons (Fsp3) is 0.143. The highest BCUT2D eigenvalue weighted by Gasteiger charge is 2.49. The van der Waals surface area contributed by atoms with Crippen LogP contribution in [0.15, 0.2) is 133 Å². The first-order valence-electron chi connectivity index (χ1n) is 18.9. The molecule has 0 amide bonds. The number of hydrogen-bond donors (Lipinski definition) is 0. The van der Waals surface area contributed by atoms with Crippen LogP contribution in [0.1, 0.15) is 51.4 Å². The summed E-state index contributed by atoms with van der Waals surface area (Å²) >= 11 is 1.94. The van der Waals surface area contributed by atoms with Gasteiger partial charge >= 0.3 is 6.85 Å². The van der Waals surface area contributed by atoms with E-state index < -0.39 is 0 Å². The van der Waals surface area contributed by atoms with Crippen LogP contribution < -0.4 is 15.7 Å². The highest BCUT2D eigenvalue weighted by atomic mass is 32.1. The van der Waals surface area contributed by atoms with Gasteiger partial charge in [-0.25, -0.2) is 0 Å². The minimum Gasteiger partial charge on any atom is -0.376 e. The average Bonchev–Trinajstić information content (AvgIpc) is 3.79. The number of hydrogen-bond acceptors (Lipinski definition) is 2. The van der Waals surface area contributed by atoms with Crippen LogP contribution in [0.25, 0.3) is 69.8 Å². The summed E-state index contributed by atoms with van der Waals surface area (Å²) in [5, 5.41) is 6.63. The molecule has 2 nitrogen and oxygen atoms in total. The molecule has 7 aromatic carbocycles. The Balaban J connectivity index is 1.30. The first-order valence-corrected chi connectivity index (χ1v) is 19.7. The standard InChI is InChI=1S/C49H37BN2S/c1-48(2,3)30-21-23-31(24-22-30)52-38-26-29-14-7-6-13-28(29)25-35(38)44-43-33-16-9-11-20-40(33)53-41(43)27-39-45(44)50(52)37-19-12-17-34-42-32-15-8-10-18-36(32)49(4,5)47(42)51(39)46(34)37/h6-27H,1-5H3. The number of thiophene rings is 1. The topological polar surface area (TPSA) is 8.17 Å². The van der Waals surface area contributed by atoms with Gasteiger partial charge < -0.3 is 9.38 Å². The Morgan fingerprint density at radius 2 is 1.34 bits per heavy atom. The molecule has 0 spiro atoms. The maximum Gasteiger partial charge on any atom is 0.333 e. The molecule has 0 saturated heterocycles. The van der Waals surface area contributed by atoms with Crippen molar-refractivity contribution in [2.24, 2.45) is 0 Å². The number of aromatic nitrogens is 1. The highest BCUT2D eigenvalue weighted by Crippen LogP contribution is 2.56. The molecular weight excluding hydrogens is 659 g/mol. The molecule has 252 valence electrons. The van der Waals surface area contributed by atoms with Crippen molar-refractivity contribution in [1.29, 1.82) is 0 Å². The Kier molecular flexibility index (Phi) is 5.59. The van der Waals surface area contributed by atoms with Crippen molar-refractivity contribution in [3.05, 3.63) is 150 Å². The minimum absolute atomic E-state index is 0.0122. The van der Waals surface area contributed by atoms with Gasteiger partial charge in [0.25, 0.3) is 0 Å². The van der Waals surface area contributed by atoms with Gasteiger partial charge in [-0.15, -0.1) is 11.3 Å². The summed E-state index contributed by atoms with van der Waals surface area (Å²) in [5.74, 6) is 0. The van der Waals surface area contributed by atoms with Crippen molar-refractivity contribution in [3.8, 4) is 27.9 Å². The van der Waals surface area contributed by atoms with Crippen LogP contribution in [-0.2, 0) is 10.8 Å². The third-order valence-corrected chi connectivity index (χ3v) is 13.8. The Labute approximate surface area is 314 Å². The molecule has 0 fully saturated rings. The zero-order valence-electron chi connectivity index (χ0n) is 30.6. The fourth-order valence-corrected chi connectivity index (χ4v) is 11.4. The van der Waals surface area contributed by atoms with Crippen molar-refractivity contribution in [1.82, 2.24) is 4.57 Å². The molecule has 0 radical (unpaired) electrons. The quantitative estimate of drug-likeness (QED) is 0.155. The molecule has 0 atom stereocenters. The van der Waals surface area contributed by atoms with Crippen LogP contribution in [-0.4, -0.2) is 11.4 Å². The van der Waals surface area contributed by atoms with Crippen molar-refractivity contribution < 1.29 is 0 Å². The van der Waals surface area contributed by atoms with Gasteiger partial charge in [0, 0.05) is 64.9 Å². The first-order chi connectivity index (χ1) is 25.7. The Bertz CT molecular complexity index is 3080. The van der Waals surface area contributed by atoms with Gasteiger partial charge in [-0.2, -0.15) is 0 Å². The lowest BCUT2D eigenvalue weighted by Crippen LogP contribution is -2.60. The fourth-order valence-electron chi connectivity index (χ4n) is 10.3. The summed E-state index contributed by atoms with van der Waals surface area (Å²) in [5.41, 5.74) is 17.5. The van der Waals surface area contributed by atoms with Gasteiger partial charge in [-0.1, -0.05) is 132 Å². The molecule has 3 aliphatic rings. The van der Waals surface area contributed by atoms with Crippen molar-refractivity contribution in [2.45, 2.75) is 45.4 Å². The lowest BCUT2D eigenvalue weighted by Gasteiger charge is -2.43. The van der Waals surface area contributed by atoms with Gasteiger partial charge in [0.15, 0.2) is 0 Å². The second-order valence-electron chi connectivity index (χ2n) is 16.9. The van der Waals surface area contributed by atoms with Crippen LogP contribution in [0.4, 0.5) is 11.4 Å². The van der Waals surface area contributed by atoms with E-state index in [1.807, 2.05) is 11.3 Å². The molecule has 12 rings (SSSR count). The average molecular weight is 697 g/mol. The van der Waals surface area contributed by atoms with E-state index in [9.17, 15) is 0 Å². The zero-order chi connectivity index (χ0) is 35.5. The summed E-state index contributed by atoms with van der Waals surface area (Å²) in [4.78, 5) is 2.68. The minimum atomic E-state index is -0.164. The van der Waals surface area contributed by atoms with Crippen molar-refractivity contribution in [2.75, 3.05) is 4.81 Å². The second kappa shape index (κ2) is 9.89. The monoisotopic (exact) mass is 696 g/mol. The predicted molar refractivity (Wildman–Crippen MR) is 229 cm³/mol. The lowest BCUT2D eigenvalue weighted by molar-refractivity contribution is 0.590. The summed E-state index contributed by atoms with van der Waals surface area (Å²) in [6, 6.07) is 51.1. The molecule has 0 saturated carbocycles. The van der Waals surface area contributed by atoms with E-state index in [0.717, 1.165) is 0 Å². The van der Waals surface area contributed by atoms with Crippen LogP contribution in [0.3, 0.4) is 0 Å². The lowest BCUT2D eigenvalue weighted by atomic mass is 9.43. The van der Waals surface area contributed by atoms with Crippen molar-refractivity contribution >= 4 is 82.3 Å². The maximum atomic E-state index is 2.70. The van der Waals surface area contributed by atoms with E-state index in [1.54, 1.807) is 0 Å². The van der Waals surface area contributed by atoms with E-state index in [0.29, 0.717) is 0 Å². The zero-order valence-corrected chi connectivity index (χ0v) is 31.4. The number of para-hydroxylation sites is 1. The SMILES string of the molecule is CC(C)(C)c1ccc(N2B3c4c(cc5sc6ccccc6c5c4-c4cc5ccccc5cc42)-n2c4c(c5cccc3c52)-c2ccccc2C4(C)C)cc1. The smallest absolute Gasteiger partial charge is 0.333 e. The Morgan fingerprint density at radius 3 is 2.15 bits per heavy atom. The van der Waals surface area contributed by atoms with Crippen LogP contribution in [0.2, 0.25) is 0 Å². The molecule has 2 aromatic heterocycles. The predicted octanol–water partition coefficient (Wildman–Crippen LogP) is 12.0. The van der Waals surface area contributed by atoms with Crippen LogP contribution in [0.5, 0.6) is 0 Å². The molecule has 4 heterocycles. The third kappa shape index (κ3) is 3.70. The summed E-state index contributed by atoms with van der Waals surface area (Å²) in [7, 11) is 0. The number of rotatable bonds is 1. The van der Waals surface area contributed by atoms with Crippen LogP contribution in [0, 0.1) is 0 Å². The third-order valence-electron chi connectivity index (χ3n) is 12.6. The van der Waals surface area contributed by atoms with Gasteiger partial charge in [-0.05, 0) is 85.8 Å². The largest absolute Gasteiger partial charge is 0.376 e. The Hall–Kier alpha value is -5.58. The molecular formula is C49H37BN2S. The highest BCUT2D eigenvalue weighted by molar-refractivity contribution is 7.26. The van der Waals surface area contributed by atoms with E-state index in [1.165, 1.54) is 109 Å². The molecule has 9 aromatic rings. The summed E-state index contributed by atoms with van der Waals surface area (Å²) < 4.78 is 5.39. The molecule has 4 heteroatoms. The normalized spacial score (nSPS) is 15.0. The van der Waals surface area contributed by atoms with Gasteiger partial charge in [-0.3, -0.25) is 0 Å². The molecule has 0 unspecified atom stereocenters.